The van der Waals surface area contributed by atoms with Gasteiger partial charge < -0.3 is 20.3 Å². The molecular weight excluding hydrogens is 911 g/mol. The minimum Gasteiger partial charge on any atom is -0.466 e. The van der Waals surface area contributed by atoms with Gasteiger partial charge in [0.2, 0.25) is 5.91 Å². The van der Waals surface area contributed by atoms with E-state index in [4.69, 9.17) is 4.74 Å². The SMILES string of the molecule is CCCCCCCCC/C=C\CCCCCCCC(=O)OCCCCCCCCC/C=C\CCCCCCCC(=O)NC(CO)C(O)/C=C/CCCCCCCCCCCCCCCCCCCCCCCCC. The average Bonchev–Trinajstić information content (AvgIpc) is 3.40. The van der Waals surface area contributed by atoms with Crippen LogP contribution in [0.4, 0.5) is 0 Å². The molecule has 74 heavy (non-hydrogen) atoms. The van der Waals surface area contributed by atoms with Crippen molar-refractivity contribution in [3.05, 3.63) is 36.5 Å². The van der Waals surface area contributed by atoms with E-state index < -0.39 is 12.1 Å². The van der Waals surface area contributed by atoms with Crippen LogP contribution in [0.15, 0.2) is 36.5 Å². The van der Waals surface area contributed by atoms with Gasteiger partial charge in [-0.25, -0.2) is 0 Å². The van der Waals surface area contributed by atoms with E-state index in [-0.39, 0.29) is 18.5 Å². The number of amides is 1. The Labute approximate surface area is 462 Å². The van der Waals surface area contributed by atoms with Crippen LogP contribution in [0.3, 0.4) is 0 Å². The first-order valence-electron chi connectivity index (χ1n) is 33.3. The molecule has 0 bridgehead atoms. The molecule has 0 saturated heterocycles. The van der Waals surface area contributed by atoms with E-state index in [1.807, 2.05) is 6.08 Å². The summed E-state index contributed by atoms with van der Waals surface area (Å²) in [4.78, 5) is 24.6. The quantitative estimate of drug-likeness (QED) is 0.0320. The maximum absolute atomic E-state index is 12.5. The molecule has 0 aromatic carbocycles. The van der Waals surface area contributed by atoms with Gasteiger partial charge in [-0.15, -0.1) is 0 Å². The molecule has 2 atom stereocenters. The van der Waals surface area contributed by atoms with Gasteiger partial charge in [0.25, 0.3) is 0 Å². The number of rotatable bonds is 62. The molecule has 0 saturated carbocycles. The molecule has 0 aliphatic carbocycles. The van der Waals surface area contributed by atoms with Gasteiger partial charge in [0.05, 0.1) is 25.4 Å². The standard InChI is InChI=1S/C68H129NO5/c1-3-5-7-9-11-13-15-17-19-21-22-23-24-25-26-27-28-29-32-36-40-44-48-52-56-60-66(71)65(64-70)69-67(72)61-57-53-49-45-41-37-33-30-31-35-39-43-47-51-55-59-63-74-68(73)62-58-54-50-46-42-38-34-20-18-16-14-12-10-8-6-4-2/h20,30,33-34,56,60,65-66,70-71H,3-19,21-29,31-32,35-55,57-59,61-64H2,1-2H3,(H,69,72)/b33-30-,34-20-,60-56+. The van der Waals surface area contributed by atoms with Crippen molar-refractivity contribution < 1.29 is 24.5 Å². The lowest BCUT2D eigenvalue weighted by molar-refractivity contribution is -0.143. The van der Waals surface area contributed by atoms with Crippen LogP contribution in [-0.2, 0) is 14.3 Å². The Morgan fingerprint density at radius 1 is 0.365 bits per heavy atom. The van der Waals surface area contributed by atoms with Crippen molar-refractivity contribution in [2.75, 3.05) is 13.2 Å². The number of hydrogen-bond donors (Lipinski definition) is 3. The predicted molar refractivity (Wildman–Crippen MR) is 324 cm³/mol. The highest BCUT2D eigenvalue weighted by atomic mass is 16.5. The summed E-state index contributed by atoms with van der Waals surface area (Å²) >= 11 is 0. The van der Waals surface area contributed by atoms with Crippen LogP contribution < -0.4 is 5.32 Å². The third-order valence-corrected chi connectivity index (χ3v) is 15.4. The summed E-state index contributed by atoms with van der Waals surface area (Å²) in [6.07, 6.45) is 80.5. The van der Waals surface area contributed by atoms with Crippen molar-refractivity contribution in [2.45, 2.75) is 373 Å². The normalized spacial score (nSPS) is 12.8. The van der Waals surface area contributed by atoms with E-state index in [9.17, 15) is 19.8 Å². The lowest BCUT2D eigenvalue weighted by Crippen LogP contribution is -2.45. The van der Waals surface area contributed by atoms with Gasteiger partial charge in [0.15, 0.2) is 0 Å². The predicted octanol–water partition coefficient (Wildman–Crippen LogP) is 21.1. The number of allylic oxidation sites excluding steroid dienone is 5. The van der Waals surface area contributed by atoms with E-state index >= 15 is 0 Å². The Morgan fingerprint density at radius 3 is 0.959 bits per heavy atom. The number of carbonyl (C=O) groups excluding carboxylic acids is 2. The average molecular weight is 1040 g/mol. The van der Waals surface area contributed by atoms with Crippen LogP contribution >= 0.6 is 0 Å². The van der Waals surface area contributed by atoms with Gasteiger partial charge in [0.1, 0.15) is 0 Å². The van der Waals surface area contributed by atoms with Crippen molar-refractivity contribution >= 4 is 11.9 Å². The molecular formula is C68H129NO5. The highest BCUT2D eigenvalue weighted by Gasteiger charge is 2.18. The minimum atomic E-state index is -0.857. The third-order valence-electron chi connectivity index (χ3n) is 15.4. The van der Waals surface area contributed by atoms with Gasteiger partial charge in [-0.2, -0.15) is 0 Å². The zero-order valence-corrected chi connectivity index (χ0v) is 49.8. The van der Waals surface area contributed by atoms with Crippen LogP contribution in [-0.4, -0.2) is 47.4 Å². The molecule has 6 nitrogen and oxygen atoms in total. The topological polar surface area (TPSA) is 95.9 Å². The highest BCUT2D eigenvalue weighted by molar-refractivity contribution is 5.76. The number of unbranched alkanes of at least 4 members (excludes halogenated alkanes) is 47. The molecule has 1 amide bonds. The summed E-state index contributed by atoms with van der Waals surface area (Å²) in [5, 5.41) is 23.2. The van der Waals surface area contributed by atoms with Crippen LogP contribution in [0.1, 0.15) is 361 Å². The second-order valence-electron chi connectivity index (χ2n) is 22.8. The van der Waals surface area contributed by atoms with E-state index in [0.717, 1.165) is 64.2 Å². The molecule has 0 aliphatic heterocycles. The van der Waals surface area contributed by atoms with Crippen LogP contribution in [0.5, 0.6) is 0 Å². The Balaban J connectivity index is 3.49. The first kappa shape index (κ1) is 72.1. The fourth-order valence-corrected chi connectivity index (χ4v) is 10.3. The first-order chi connectivity index (χ1) is 36.5. The molecule has 0 aliphatic rings. The number of nitrogens with one attached hydrogen (secondary N) is 1. The maximum atomic E-state index is 12.5. The van der Waals surface area contributed by atoms with Gasteiger partial charge in [-0.05, 0) is 83.5 Å². The molecule has 0 aromatic heterocycles. The Hall–Kier alpha value is -1.92. The number of aliphatic hydroxyl groups is 2. The monoisotopic (exact) mass is 1040 g/mol. The molecule has 2 unspecified atom stereocenters. The first-order valence-corrected chi connectivity index (χ1v) is 33.3. The molecule has 0 heterocycles. The second-order valence-corrected chi connectivity index (χ2v) is 22.8. The summed E-state index contributed by atoms with van der Waals surface area (Å²) in [5.41, 5.74) is 0. The molecule has 0 rings (SSSR count). The summed E-state index contributed by atoms with van der Waals surface area (Å²) in [5.74, 6) is -0.0926. The lowest BCUT2D eigenvalue weighted by atomic mass is 10.0. The number of carbonyl (C=O) groups is 2. The third kappa shape index (κ3) is 59.3. The van der Waals surface area contributed by atoms with Crippen LogP contribution in [0, 0.1) is 0 Å². The maximum Gasteiger partial charge on any atom is 0.305 e. The molecule has 0 fully saturated rings. The Morgan fingerprint density at radius 2 is 0.635 bits per heavy atom. The zero-order chi connectivity index (χ0) is 53.6. The zero-order valence-electron chi connectivity index (χ0n) is 49.8. The Kier molecular flexibility index (Phi) is 62.0. The lowest BCUT2D eigenvalue weighted by Gasteiger charge is -2.20. The summed E-state index contributed by atoms with van der Waals surface area (Å²) < 4.78 is 5.48. The highest BCUT2D eigenvalue weighted by Crippen LogP contribution is 2.18. The van der Waals surface area contributed by atoms with E-state index in [1.54, 1.807) is 6.08 Å². The smallest absolute Gasteiger partial charge is 0.305 e. The van der Waals surface area contributed by atoms with Crippen molar-refractivity contribution in [1.82, 2.24) is 5.32 Å². The van der Waals surface area contributed by atoms with Gasteiger partial charge >= 0.3 is 5.97 Å². The van der Waals surface area contributed by atoms with Crippen LogP contribution in [0.2, 0.25) is 0 Å². The van der Waals surface area contributed by atoms with Crippen molar-refractivity contribution in [2.24, 2.45) is 0 Å². The molecule has 3 N–H and O–H groups in total. The molecule has 6 heteroatoms. The van der Waals surface area contributed by atoms with E-state index in [2.05, 4.69) is 43.5 Å². The second kappa shape index (κ2) is 63.6. The summed E-state index contributed by atoms with van der Waals surface area (Å²) in [6.45, 7) is 4.90. The molecule has 436 valence electrons. The van der Waals surface area contributed by atoms with Crippen LogP contribution in [0.25, 0.3) is 0 Å². The van der Waals surface area contributed by atoms with Crippen molar-refractivity contribution in [1.29, 1.82) is 0 Å². The van der Waals surface area contributed by atoms with Crippen molar-refractivity contribution in [3.8, 4) is 0 Å². The fraction of sp³-hybridized carbons (Fsp3) is 0.882. The Bertz CT molecular complexity index is 1200. The number of ether oxygens (including phenoxy) is 1. The molecule has 0 aromatic rings. The van der Waals surface area contributed by atoms with Crippen molar-refractivity contribution in [3.63, 3.8) is 0 Å². The summed E-state index contributed by atoms with van der Waals surface area (Å²) in [7, 11) is 0. The number of hydrogen-bond acceptors (Lipinski definition) is 5. The fourth-order valence-electron chi connectivity index (χ4n) is 10.3. The largest absolute Gasteiger partial charge is 0.466 e. The molecule has 0 radical (unpaired) electrons. The summed E-state index contributed by atoms with van der Waals surface area (Å²) in [6, 6.07) is -0.642. The number of esters is 1. The van der Waals surface area contributed by atoms with Gasteiger partial charge in [-0.3, -0.25) is 9.59 Å². The number of aliphatic hydroxyl groups excluding tert-OH is 2. The van der Waals surface area contributed by atoms with E-state index in [1.165, 1.54) is 270 Å². The van der Waals surface area contributed by atoms with E-state index in [0.29, 0.717) is 19.4 Å². The minimum absolute atomic E-state index is 0.0106. The van der Waals surface area contributed by atoms with Gasteiger partial charge in [0, 0.05) is 12.8 Å². The molecule has 0 spiro atoms. The van der Waals surface area contributed by atoms with Gasteiger partial charge in [-0.1, -0.05) is 301 Å².